The fourth-order valence-corrected chi connectivity index (χ4v) is 8.67. The van der Waals surface area contributed by atoms with Gasteiger partial charge in [-0.05, 0) is 24.3 Å². The van der Waals surface area contributed by atoms with E-state index in [0.29, 0.717) is 0 Å². The molecule has 0 atom stereocenters. The van der Waals surface area contributed by atoms with Crippen LogP contribution in [0.4, 0.5) is 105 Å². The second-order valence-corrected chi connectivity index (χ2v) is 18.5. The highest BCUT2D eigenvalue weighted by molar-refractivity contribution is 7.20. The molecule has 4 aromatic carbocycles. The maximum Gasteiger partial charge on any atom is 0.416 e. The highest BCUT2D eigenvalue weighted by Gasteiger charge is 2.47. The maximum absolute atomic E-state index is 14.2. The fraction of sp³-hybridized carbons (Fsp3) is 0.368. The van der Waals surface area contributed by atoms with Crippen molar-refractivity contribution in [2.24, 2.45) is 0 Å². The molecule has 0 aliphatic heterocycles. The molecule has 26 heteroatoms. The van der Waals surface area contributed by atoms with E-state index >= 15 is 0 Å². The standard InChI is InChI=1S/C32H12BF24.C6H16Si/c34-25(35,36)13-1-14(26(37,38)39)6-21(5-13)33(22-7-15(27(40,41)42)2-16(8-22)28(43,44)45,23-9-17(29(46,47)48)3-18(10-23)30(49,50)51)24-11-19(31(52,53)54)4-20(12-24)32(55,56)57;1-4-7(5-2)6-3/h1-12H;7H,4-6H2,1-3H3/q-1;. The van der Waals surface area contributed by atoms with Crippen LogP contribution in [0.5, 0.6) is 0 Å². The molecular formula is C38H28BF24Si-. The molecule has 0 spiro atoms. The predicted octanol–water partition coefficient (Wildman–Crippen LogP) is 13.5. The first-order valence-corrected chi connectivity index (χ1v) is 20.4. The Labute approximate surface area is 347 Å². The zero-order chi connectivity index (χ0) is 49.6. The van der Waals surface area contributed by atoms with Gasteiger partial charge in [-0.2, -0.15) is 127 Å². The van der Waals surface area contributed by atoms with Crippen LogP contribution in [0, 0.1) is 0 Å². The Morgan fingerprint density at radius 1 is 0.266 bits per heavy atom. The van der Waals surface area contributed by atoms with Crippen LogP contribution < -0.4 is 21.9 Å². The Balaban J connectivity index is 0.00000143. The summed E-state index contributed by atoms with van der Waals surface area (Å²) in [6.45, 7) is 6.97. The van der Waals surface area contributed by atoms with E-state index in [0.717, 1.165) is 0 Å². The Morgan fingerprint density at radius 2 is 0.391 bits per heavy atom. The van der Waals surface area contributed by atoms with Gasteiger partial charge in [-0.3, -0.25) is 0 Å². The Morgan fingerprint density at radius 3 is 0.469 bits per heavy atom. The van der Waals surface area contributed by atoms with Gasteiger partial charge in [0.15, 0.2) is 0 Å². The van der Waals surface area contributed by atoms with Crippen molar-refractivity contribution < 1.29 is 105 Å². The Hall–Kier alpha value is -4.52. The van der Waals surface area contributed by atoms with Crippen LogP contribution in [0.25, 0.3) is 0 Å². The van der Waals surface area contributed by atoms with Crippen molar-refractivity contribution >= 4 is 36.8 Å². The van der Waals surface area contributed by atoms with Gasteiger partial charge in [0.2, 0.25) is 0 Å². The average molecular weight is 979 g/mol. The molecule has 0 unspecified atom stereocenters. The lowest BCUT2D eigenvalue weighted by Gasteiger charge is -2.46. The first-order valence-electron chi connectivity index (χ1n) is 18.0. The molecular weight excluding hydrogens is 951 g/mol. The summed E-state index contributed by atoms with van der Waals surface area (Å²) in [6, 6.07) is -4.33. The zero-order valence-electron chi connectivity index (χ0n) is 32.3. The highest BCUT2D eigenvalue weighted by Crippen LogP contribution is 2.41. The molecule has 64 heavy (non-hydrogen) atoms. The molecule has 4 aromatic rings. The second-order valence-electron chi connectivity index (χ2n) is 14.3. The van der Waals surface area contributed by atoms with Gasteiger partial charge in [-0.1, -0.05) is 87.4 Å². The number of hydrogen-bond acceptors (Lipinski definition) is 0. The van der Waals surface area contributed by atoms with E-state index in [9.17, 15) is 105 Å². The smallest absolute Gasteiger partial charge is 0.194 e. The lowest BCUT2D eigenvalue weighted by molar-refractivity contribution is -0.144. The van der Waals surface area contributed by atoms with Gasteiger partial charge in [-0.25, -0.2) is 0 Å². The van der Waals surface area contributed by atoms with Crippen molar-refractivity contribution in [2.75, 3.05) is 0 Å². The van der Waals surface area contributed by atoms with E-state index < -0.39 is 195 Å². The average Bonchev–Trinajstić information content (AvgIpc) is 3.13. The van der Waals surface area contributed by atoms with Crippen LogP contribution in [0.2, 0.25) is 18.1 Å². The minimum atomic E-state index is -6.13. The third kappa shape index (κ3) is 12.4. The summed E-state index contributed by atoms with van der Waals surface area (Å²) in [5.41, 5.74) is -30.2. The number of benzene rings is 4. The van der Waals surface area contributed by atoms with Gasteiger partial charge in [0.25, 0.3) is 0 Å². The molecule has 0 aliphatic rings. The van der Waals surface area contributed by atoms with Crippen LogP contribution >= 0.6 is 0 Å². The zero-order valence-corrected chi connectivity index (χ0v) is 33.4. The third-order valence-corrected chi connectivity index (χ3v) is 13.6. The van der Waals surface area contributed by atoms with Crippen molar-refractivity contribution in [1.82, 2.24) is 0 Å². The molecule has 0 aliphatic carbocycles. The number of halogens is 24. The molecule has 4 rings (SSSR count). The fourth-order valence-electron chi connectivity index (χ4n) is 6.94. The summed E-state index contributed by atoms with van der Waals surface area (Å²) in [5, 5.41) is 0. The molecule has 0 N–H and O–H groups in total. The minimum Gasteiger partial charge on any atom is -0.194 e. The SMILES string of the molecule is CC[SiH](CC)CC.FC(F)(F)c1cc([B-](c2cc(C(F)(F)F)cc(C(F)(F)F)c2)(c2cc(C(F)(F)F)cc(C(F)(F)F)c2)c2cc(C(F)(F)F)cc(C(F)(F)F)c2)cc(C(F)(F)F)c1. The van der Waals surface area contributed by atoms with E-state index in [2.05, 4.69) is 20.8 Å². The summed E-state index contributed by atoms with van der Waals surface area (Å²) in [5.74, 6) is 0. The van der Waals surface area contributed by atoms with Crippen molar-refractivity contribution in [3.63, 3.8) is 0 Å². The highest BCUT2D eigenvalue weighted by atomic mass is 28.3. The van der Waals surface area contributed by atoms with Gasteiger partial charge >= 0.3 is 49.4 Å². The molecule has 0 nitrogen and oxygen atoms in total. The Bertz CT molecular complexity index is 1800. The molecule has 0 bridgehead atoms. The topological polar surface area (TPSA) is 0 Å². The lowest BCUT2D eigenvalue weighted by Crippen LogP contribution is -2.75. The van der Waals surface area contributed by atoms with E-state index in [-0.39, 0.29) is 8.80 Å². The quantitative estimate of drug-likeness (QED) is 0.128. The van der Waals surface area contributed by atoms with Gasteiger partial charge < -0.3 is 0 Å². The molecule has 0 amide bonds. The number of hydrogen-bond donors (Lipinski definition) is 0. The van der Waals surface area contributed by atoms with Crippen LogP contribution in [-0.2, 0) is 49.4 Å². The third-order valence-electron chi connectivity index (χ3n) is 10.2. The van der Waals surface area contributed by atoms with E-state index in [1.807, 2.05) is 0 Å². The van der Waals surface area contributed by atoms with Crippen molar-refractivity contribution in [1.29, 1.82) is 0 Å². The molecule has 356 valence electrons. The number of alkyl halides is 24. The summed E-state index contributed by atoms with van der Waals surface area (Å²) in [7, 11) is -0.171. The summed E-state index contributed by atoms with van der Waals surface area (Å²) in [6.07, 6.45) is -54.8. The lowest BCUT2D eigenvalue weighted by atomic mass is 9.12. The van der Waals surface area contributed by atoms with E-state index in [4.69, 9.17) is 0 Å². The molecule has 0 saturated carbocycles. The molecule has 0 fully saturated rings. The van der Waals surface area contributed by atoms with E-state index in [1.54, 1.807) is 0 Å². The Kier molecular flexibility index (Phi) is 15.2. The normalized spacial score (nSPS) is 13.9. The van der Waals surface area contributed by atoms with E-state index in [1.165, 1.54) is 18.1 Å². The summed E-state index contributed by atoms with van der Waals surface area (Å²) < 4.78 is 341. The van der Waals surface area contributed by atoms with Crippen molar-refractivity contribution in [3.8, 4) is 0 Å². The molecule has 0 radical (unpaired) electrons. The molecule has 0 heterocycles. The van der Waals surface area contributed by atoms with Gasteiger partial charge in [0.05, 0.1) is 44.5 Å². The second kappa shape index (κ2) is 18.0. The predicted molar refractivity (Wildman–Crippen MR) is 189 cm³/mol. The molecule has 0 aromatic heterocycles. The summed E-state index contributed by atoms with van der Waals surface area (Å²) >= 11 is 0. The van der Waals surface area contributed by atoms with Crippen LogP contribution in [-0.4, -0.2) is 14.9 Å². The van der Waals surface area contributed by atoms with Gasteiger partial charge in [0.1, 0.15) is 6.15 Å². The van der Waals surface area contributed by atoms with Gasteiger partial charge in [-0.15, -0.1) is 0 Å². The van der Waals surface area contributed by atoms with Gasteiger partial charge in [0, 0.05) is 8.80 Å². The first kappa shape index (κ1) is 53.8. The van der Waals surface area contributed by atoms with Crippen molar-refractivity contribution in [2.45, 2.75) is 88.3 Å². The van der Waals surface area contributed by atoms with Crippen LogP contribution in [0.15, 0.2) is 72.8 Å². The summed E-state index contributed by atoms with van der Waals surface area (Å²) in [4.78, 5) is 0. The van der Waals surface area contributed by atoms with Crippen LogP contribution in [0.3, 0.4) is 0 Å². The molecule has 0 saturated heterocycles. The monoisotopic (exact) mass is 979 g/mol. The first-order chi connectivity index (χ1) is 28.6. The maximum atomic E-state index is 14.2. The van der Waals surface area contributed by atoms with Crippen molar-refractivity contribution in [3.05, 3.63) is 117 Å². The number of rotatable bonds is 7. The van der Waals surface area contributed by atoms with Crippen LogP contribution in [0.1, 0.15) is 65.3 Å². The largest absolute Gasteiger partial charge is 0.416 e. The minimum absolute atomic E-state index is 0.171.